The van der Waals surface area contributed by atoms with Gasteiger partial charge in [0.15, 0.2) is 0 Å². The van der Waals surface area contributed by atoms with E-state index in [1.54, 1.807) is 36.4 Å². The molecule has 9 rings (SSSR count). The summed E-state index contributed by atoms with van der Waals surface area (Å²) in [5, 5.41) is 38.0. The number of hydrogen-bond acceptors (Lipinski definition) is 16. The van der Waals surface area contributed by atoms with Crippen LogP contribution >= 0.6 is 68.0 Å². The average Bonchev–Trinajstić information content (AvgIpc) is 4.13. The first kappa shape index (κ1) is 37.9. The van der Waals surface area contributed by atoms with E-state index in [0.29, 0.717) is 21.1 Å². The molecule has 0 unspecified atom stereocenters. The predicted molar refractivity (Wildman–Crippen MR) is 235 cm³/mol. The van der Waals surface area contributed by atoms with Crippen molar-refractivity contribution < 1.29 is 19.1 Å². The first-order valence-electron chi connectivity index (χ1n) is 17.4. The lowest BCUT2D eigenvalue weighted by atomic mass is 9.79. The van der Waals surface area contributed by atoms with Crippen LogP contribution in [0.4, 0.5) is 10.0 Å². The van der Waals surface area contributed by atoms with E-state index in [1.165, 1.54) is 68.0 Å². The number of hydrogen-bond donors (Lipinski definition) is 0. The van der Waals surface area contributed by atoms with Crippen molar-refractivity contribution in [1.82, 2.24) is 0 Å². The SMILES string of the molecule is N#CC(C#N)=Nc1ccc(-c2cc3sc4c(c3s2)C(C(=O)OCc2ccccc2)(C(=O)OCc2ccccc2)c2c-4sc3cc(-c4ccc(N=C(C#N)C#N)s4)sc23)s1. The third kappa shape index (κ3) is 6.64. The molecule has 1 aliphatic carbocycles. The van der Waals surface area contributed by atoms with Gasteiger partial charge in [0.1, 0.15) is 47.5 Å². The number of esters is 2. The molecule has 8 aromatic rings. The van der Waals surface area contributed by atoms with Crippen molar-refractivity contribution in [2.45, 2.75) is 18.6 Å². The van der Waals surface area contributed by atoms with Gasteiger partial charge in [0.2, 0.25) is 16.8 Å². The molecular formula is C43H20N6O4S6. The third-order valence-electron chi connectivity index (χ3n) is 9.26. The second kappa shape index (κ2) is 15.6. The van der Waals surface area contributed by atoms with Gasteiger partial charge in [-0.25, -0.2) is 9.98 Å². The molecular weight excluding hydrogens is 857 g/mol. The Hall–Kier alpha value is -6.60. The van der Waals surface area contributed by atoms with E-state index in [4.69, 9.17) is 9.47 Å². The highest BCUT2D eigenvalue weighted by atomic mass is 32.1. The standard InChI is InChI=1S/C43H20N6O4S6/c44-17-25(18-45)48-33-13-11-27(54-33)29-15-31-37(56-29)35-39(58-31)40-36(38-32(59-40)16-30(57-38)28-12-14-34(55-28)49-26(19-46)20-47)43(35,41(50)52-21-23-7-3-1-4-8-23)42(51)53-22-24-9-5-2-6-10-24/h1-16H,21-22H2. The topological polar surface area (TPSA) is 172 Å². The molecule has 0 radical (unpaired) electrons. The van der Waals surface area contributed by atoms with Gasteiger partial charge in [-0.2, -0.15) is 21.0 Å². The van der Waals surface area contributed by atoms with Crippen LogP contribution in [0.1, 0.15) is 22.3 Å². The first-order valence-corrected chi connectivity index (χ1v) is 22.3. The van der Waals surface area contributed by atoms with Gasteiger partial charge >= 0.3 is 11.9 Å². The Labute approximate surface area is 359 Å². The fourth-order valence-electron chi connectivity index (χ4n) is 6.71. The highest BCUT2D eigenvalue weighted by Crippen LogP contribution is 2.64. The lowest BCUT2D eigenvalue weighted by molar-refractivity contribution is -0.164. The average molecular weight is 877 g/mol. The zero-order valence-electron chi connectivity index (χ0n) is 29.9. The number of nitrogens with zero attached hydrogens (tertiary/aromatic N) is 6. The zero-order valence-corrected chi connectivity index (χ0v) is 34.8. The van der Waals surface area contributed by atoms with Gasteiger partial charge in [-0.3, -0.25) is 9.59 Å². The van der Waals surface area contributed by atoms with Gasteiger partial charge in [-0.15, -0.1) is 68.0 Å². The molecule has 10 nitrogen and oxygen atoms in total. The maximum absolute atomic E-state index is 15.2. The molecule has 0 aliphatic heterocycles. The van der Waals surface area contributed by atoms with Gasteiger partial charge in [0, 0.05) is 40.0 Å². The maximum atomic E-state index is 15.2. The summed E-state index contributed by atoms with van der Waals surface area (Å²) in [5.74, 6) is -1.49. The van der Waals surface area contributed by atoms with Crippen molar-refractivity contribution in [2.75, 3.05) is 0 Å². The van der Waals surface area contributed by atoms with Crippen LogP contribution in [0.3, 0.4) is 0 Å². The van der Waals surface area contributed by atoms with Gasteiger partial charge < -0.3 is 9.47 Å². The van der Waals surface area contributed by atoms with Crippen LogP contribution in [-0.2, 0) is 37.7 Å². The molecule has 0 fully saturated rings. The van der Waals surface area contributed by atoms with Crippen molar-refractivity contribution in [3.05, 3.63) is 119 Å². The second-order valence-corrected chi connectivity index (χ2v) is 19.1. The minimum Gasteiger partial charge on any atom is -0.459 e. The molecule has 0 bridgehead atoms. The van der Waals surface area contributed by atoms with Crippen LogP contribution < -0.4 is 0 Å². The molecule has 0 atom stereocenters. The van der Waals surface area contributed by atoms with E-state index in [2.05, 4.69) is 9.98 Å². The highest BCUT2D eigenvalue weighted by molar-refractivity contribution is 7.37. The summed E-state index contributed by atoms with van der Waals surface area (Å²) in [6.45, 7) is -0.135. The Balaban J connectivity index is 1.23. The minimum absolute atomic E-state index is 0.0677. The molecule has 0 saturated heterocycles. The lowest BCUT2D eigenvalue weighted by Crippen LogP contribution is -2.45. The van der Waals surface area contributed by atoms with E-state index in [-0.39, 0.29) is 24.6 Å². The Morgan fingerprint density at radius 2 is 0.932 bits per heavy atom. The number of thiophene rings is 6. The third-order valence-corrected chi connectivity index (χ3v) is 16.6. The van der Waals surface area contributed by atoms with Crippen molar-refractivity contribution in [3.63, 3.8) is 0 Å². The van der Waals surface area contributed by atoms with E-state index in [0.717, 1.165) is 59.2 Å². The highest BCUT2D eigenvalue weighted by Gasteiger charge is 2.62. The lowest BCUT2D eigenvalue weighted by Gasteiger charge is -2.27. The normalized spacial score (nSPS) is 12.1. The number of benzene rings is 2. The Bertz CT molecular complexity index is 2980. The van der Waals surface area contributed by atoms with E-state index >= 15 is 9.59 Å². The van der Waals surface area contributed by atoms with Crippen molar-refractivity contribution in [2.24, 2.45) is 9.98 Å². The summed E-state index contributed by atoms with van der Waals surface area (Å²) in [6.07, 6.45) is 0. The smallest absolute Gasteiger partial charge is 0.333 e. The molecule has 0 spiro atoms. The summed E-state index contributed by atoms with van der Waals surface area (Å²) < 4.78 is 15.6. The molecule has 16 heteroatoms. The number of carbonyl (C=O) groups excluding carboxylic acids is 2. The van der Waals surface area contributed by atoms with Crippen molar-refractivity contribution >= 4 is 120 Å². The molecule has 59 heavy (non-hydrogen) atoms. The van der Waals surface area contributed by atoms with Gasteiger partial charge in [0.25, 0.3) is 0 Å². The van der Waals surface area contributed by atoms with E-state index in [1.807, 2.05) is 84.9 Å². The fourth-order valence-corrected chi connectivity index (χ4v) is 14.3. The summed E-state index contributed by atoms with van der Waals surface area (Å²) in [5.41, 5.74) is 0.0946. The van der Waals surface area contributed by atoms with Crippen LogP contribution in [0.15, 0.2) is 107 Å². The molecule has 0 saturated carbocycles. The number of aliphatic imine (C=N–C) groups is 2. The number of ether oxygens (including phenoxy) is 2. The van der Waals surface area contributed by atoms with Crippen LogP contribution in [0.2, 0.25) is 0 Å². The second-order valence-electron chi connectivity index (χ2n) is 12.7. The predicted octanol–water partition coefficient (Wildman–Crippen LogP) is 11.7. The van der Waals surface area contributed by atoms with Crippen LogP contribution in [0.5, 0.6) is 0 Å². The summed E-state index contributed by atoms with van der Waals surface area (Å²) in [4.78, 5) is 43.8. The number of rotatable bonds is 10. The minimum atomic E-state index is -1.99. The van der Waals surface area contributed by atoms with E-state index in [9.17, 15) is 21.0 Å². The molecule has 282 valence electrons. The quantitative estimate of drug-likeness (QED) is 0.0741. The largest absolute Gasteiger partial charge is 0.459 e. The molecule has 0 amide bonds. The van der Waals surface area contributed by atoms with E-state index < -0.39 is 17.4 Å². The Morgan fingerprint density at radius 1 is 0.525 bits per heavy atom. The molecule has 0 N–H and O–H groups in total. The first-order chi connectivity index (χ1) is 28.8. The maximum Gasteiger partial charge on any atom is 0.333 e. The summed E-state index contributed by atoms with van der Waals surface area (Å²) in [7, 11) is 0. The van der Waals surface area contributed by atoms with Crippen molar-refractivity contribution in [3.8, 4) is 53.5 Å². The molecule has 2 aromatic carbocycles. The van der Waals surface area contributed by atoms with Crippen LogP contribution in [0, 0.1) is 45.3 Å². The van der Waals surface area contributed by atoms with Crippen molar-refractivity contribution in [1.29, 1.82) is 21.0 Å². The fraction of sp³-hybridized carbons (Fsp3) is 0.0698. The van der Waals surface area contributed by atoms with Gasteiger partial charge in [0.05, 0.1) is 19.2 Å². The molecule has 1 aliphatic rings. The molecule has 6 heterocycles. The number of nitriles is 4. The Kier molecular flexibility index (Phi) is 10.1. The Morgan fingerprint density at radius 3 is 1.32 bits per heavy atom. The molecule has 6 aromatic heterocycles. The monoisotopic (exact) mass is 876 g/mol. The van der Waals surface area contributed by atoms with Crippen LogP contribution in [-0.4, -0.2) is 23.4 Å². The summed E-state index contributed by atoms with van der Waals surface area (Å²) in [6, 6.07) is 37.1. The zero-order chi connectivity index (χ0) is 40.7. The van der Waals surface area contributed by atoms with Gasteiger partial charge in [-0.1, -0.05) is 60.7 Å². The number of carbonyl (C=O) groups is 2. The van der Waals surface area contributed by atoms with Gasteiger partial charge in [-0.05, 0) is 47.5 Å². The van der Waals surface area contributed by atoms with Crippen LogP contribution in [0.25, 0.3) is 48.1 Å². The number of fused-ring (bicyclic) bond motifs is 7. The summed E-state index contributed by atoms with van der Waals surface area (Å²) >= 11 is 8.55.